The molecule has 1 amide bonds. The Morgan fingerprint density at radius 2 is 1.90 bits per heavy atom. The summed E-state index contributed by atoms with van der Waals surface area (Å²) in [6.07, 6.45) is 2.81. The number of aromatic nitrogens is 2. The Morgan fingerprint density at radius 1 is 1.21 bits per heavy atom. The van der Waals surface area contributed by atoms with E-state index < -0.39 is 22.3 Å². The number of benzene rings is 1. The van der Waals surface area contributed by atoms with Crippen molar-refractivity contribution in [3.8, 4) is 0 Å². The molecular weight excluding hydrogens is 657 g/mol. The minimum atomic E-state index is -0.816. The maximum absolute atomic E-state index is 12.9. The maximum atomic E-state index is 12.9. The molecule has 2 aliphatic rings. The molecule has 10 nitrogen and oxygen atoms in total. The second kappa shape index (κ2) is 11.5. The summed E-state index contributed by atoms with van der Waals surface area (Å²) in [7, 11) is 0. The zero-order valence-electron chi connectivity index (χ0n) is 20.0. The number of oxime groups is 1. The number of piperidine rings is 1. The van der Waals surface area contributed by atoms with Gasteiger partial charge in [-0.2, -0.15) is 0 Å². The molecule has 1 fully saturated rings. The Kier molecular flexibility index (Phi) is 8.29. The third-order valence-corrected chi connectivity index (χ3v) is 8.87. The molecule has 0 radical (unpaired) electrons. The van der Waals surface area contributed by atoms with Crippen molar-refractivity contribution in [2.24, 2.45) is 5.16 Å². The number of likely N-dealkylation sites (tertiary alicyclic amines) is 1. The summed E-state index contributed by atoms with van der Waals surface area (Å²) in [5.74, 6) is -0.104. The first kappa shape index (κ1) is 28.0. The molecule has 0 aliphatic carbocycles. The fourth-order valence-corrected chi connectivity index (χ4v) is 7.13. The number of thiazole rings is 1. The van der Waals surface area contributed by atoms with Crippen LogP contribution in [0.2, 0.25) is 15.1 Å². The number of carbonyl (C=O) groups is 1. The van der Waals surface area contributed by atoms with Crippen LogP contribution in [-0.4, -0.2) is 44.1 Å². The van der Waals surface area contributed by atoms with Crippen molar-refractivity contribution >= 4 is 79.4 Å². The predicted molar refractivity (Wildman–Crippen MR) is 152 cm³/mol. The van der Waals surface area contributed by atoms with Crippen molar-refractivity contribution in [3.63, 3.8) is 0 Å². The summed E-state index contributed by atoms with van der Waals surface area (Å²) in [6, 6.07) is 4.36. The lowest BCUT2D eigenvalue weighted by atomic mass is 9.97. The monoisotopic (exact) mass is 673 g/mol. The van der Waals surface area contributed by atoms with Gasteiger partial charge in [-0.25, -0.2) is 4.98 Å². The standard InChI is InChI=1S/C24H19BrCl3N5O5S/c25-13-5-19(33(36)37)24(35)32(9-13)10-21(34)31-3-1-12(2-4-31)23-29-18(11-39-23)17-8-20(38-30-17)22-15(27)6-14(26)7-16(22)28/h5-7,9,11-12,20H,1-4,8,10H2. The molecule has 0 saturated carbocycles. The van der Waals surface area contributed by atoms with Crippen LogP contribution in [0.3, 0.4) is 0 Å². The third kappa shape index (κ3) is 5.99. The van der Waals surface area contributed by atoms with E-state index in [-0.39, 0.29) is 18.4 Å². The van der Waals surface area contributed by atoms with Gasteiger partial charge in [-0.1, -0.05) is 40.0 Å². The Hall–Kier alpha value is -2.51. The average molecular weight is 676 g/mol. The first-order valence-electron chi connectivity index (χ1n) is 11.8. The molecule has 0 spiro atoms. The fourth-order valence-electron chi connectivity index (χ4n) is 4.61. The van der Waals surface area contributed by atoms with E-state index >= 15 is 0 Å². The van der Waals surface area contributed by atoms with E-state index in [1.54, 1.807) is 17.0 Å². The van der Waals surface area contributed by atoms with Crippen molar-refractivity contribution in [1.82, 2.24) is 14.5 Å². The van der Waals surface area contributed by atoms with Gasteiger partial charge in [0.15, 0.2) is 6.10 Å². The number of nitro groups is 1. The van der Waals surface area contributed by atoms with Crippen LogP contribution in [-0.2, 0) is 16.2 Å². The van der Waals surface area contributed by atoms with E-state index in [2.05, 4.69) is 21.1 Å². The molecule has 2 aromatic heterocycles. The van der Waals surface area contributed by atoms with E-state index in [0.717, 1.165) is 21.3 Å². The number of amides is 1. The maximum Gasteiger partial charge on any atom is 0.335 e. The topological polar surface area (TPSA) is 120 Å². The van der Waals surface area contributed by atoms with Crippen LogP contribution in [0.4, 0.5) is 5.69 Å². The molecule has 39 heavy (non-hydrogen) atoms. The first-order valence-corrected chi connectivity index (χ1v) is 14.6. The summed E-state index contributed by atoms with van der Waals surface area (Å²) in [5, 5.41) is 19.5. The minimum absolute atomic E-state index is 0.168. The second-order valence-corrected chi connectivity index (χ2v) is 12.1. The van der Waals surface area contributed by atoms with Crippen LogP contribution >= 0.6 is 62.1 Å². The fraction of sp³-hybridized carbons (Fsp3) is 0.333. The summed E-state index contributed by atoms with van der Waals surface area (Å²) in [6.45, 7) is 0.708. The molecule has 2 aliphatic heterocycles. The summed E-state index contributed by atoms with van der Waals surface area (Å²) in [4.78, 5) is 47.7. The summed E-state index contributed by atoms with van der Waals surface area (Å²) >= 11 is 23.4. The van der Waals surface area contributed by atoms with Crippen LogP contribution in [0.5, 0.6) is 0 Å². The lowest BCUT2D eigenvalue weighted by Crippen LogP contribution is -2.41. The molecule has 1 saturated heterocycles. The molecule has 1 aromatic carbocycles. The largest absolute Gasteiger partial charge is 0.387 e. The van der Waals surface area contributed by atoms with Gasteiger partial charge in [0.05, 0.1) is 25.7 Å². The SMILES string of the molecule is O=C(Cn1cc(Br)cc([N+](=O)[O-])c1=O)N1CCC(c2nc(C3=NOC(c4c(Cl)cc(Cl)cc4Cl)C3)cs2)CC1. The molecule has 1 atom stereocenters. The zero-order valence-corrected chi connectivity index (χ0v) is 24.7. The number of nitrogens with zero attached hydrogens (tertiary/aromatic N) is 5. The Labute approximate surface area is 249 Å². The Balaban J connectivity index is 1.19. The smallest absolute Gasteiger partial charge is 0.335 e. The van der Waals surface area contributed by atoms with Gasteiger partial charge in [-0.3, -0.25) is 24.3 Å². The van der Waals surface area contributed by atoms with Gasteiger partial charge in [0.25, 0.3) is 0 Å². The van der Waals surface area contributed by atoms with Crippen molar-refractivity contribution in [2.45, 2.75) is 37.8 Å². The van der Waals surface area contributed by atoms with Crippen molar-refractivity contribution in [2.75, 3.05) is 13.1 Å². The van der Waals surface area contributed by atoms with Gasteiger partial charge in [-0.05, 0) is 40.9 Å². The third-order valence-electron chi connectivity index (χ3n) is 6.59. The normalized spacial score (nSPS) is 17.7. The van der Waals surface area contributed by atoms with E-state index in [0.29, 0.717) is 63.2 Å². The van der Waals surface area contributed by atoms with Gasteiger partial charge < -0.3 is 9.74 Å². The number of rotatable bonds is 6. The minimum Gasteiger partial charge on any atom is -0.387 e. The van der Waals surface area contributed by atoms with Gasteiger partial charge in [0.2, 0.25) is 5.91 Å². The van der Waals surface area contributed by atoms with E-state index in [9.17, 15) is 19.7 Å². The highest BCUT2D eigenvalue weighted by molar-refractivity contribution is 9.10. The molecule has 15 heteroatoms. The average Bonchev–Trinajstić information content (AvgIpc) is 3.56. The van der Waals surface area contributed by atoms with Crippen LogP contribution < -0.4 is 5.56 Å². The zero-order chi connectivity index (χ0) is 27.8. The second-order valence-electron chi connectivity index (χ2n) is 9.08. The molecule has 0 bridgehead atoms. The van der Waals surface area contributed by atoms with Crippen molar-refractivity contribution in [1.29, 1.82) is 0 Å². The lowest BCUT2D eigenvalue weighted by Gasteiger charge is -2.31. The van der Waals surface area contributed by atoms with Crippen molar-refractivity contribution in [3.05, 3.63) is 86.0 Å². The van der Waals surface area contributed by atoms with E-state index in [1.807, 2.05) is 5.38 Å². The highest BCUT2D eigenvalue weighted by Crippen LogP contribution is 2.40. The van der Waals surface area contributed by atoms with Gasteiger partial charge in [0.1, 0.15) is 12.3 Å². The number of hydrogen-bond acceptors (Lipinski definition) is 8. The Morgan fingerprint density at radius 3 is 2.56 bits per heavy atom. The molecule has 1 unspecified atom stereocenters. The number of hydrogen-bond donors (Lipinski definition) is 0. The highest BCUT2D eigenvalue weighted by Gasteiger charge is 2.31. The van der Waals surface area contributed by atoms with Gasteiger partial charge >= 0.3 is 11.2 Å². The summed E-state index contributed by atoms with van der Waals surface area (Å²) in [5.41, 5.74) is 0.661. The first-order chi connectivity index (χ1) is 18.6. The molecule has 5 rings (SSSR count). The van der Waals surface area contributed by atoms with Crippen LogP contribution in [0.15, 0.2) is 44.2 Å². The van der Waals surface area contributed by atoms with Crippen LogP contribution in [0.1, 0.15) is 47.5 Å². The van der Waals surface area contributed by atoms with Crippen molar-refractivity contribution < 1.29 is 14.6 Å². The number of carbonyl (C=O) groups excluding carboxylic acids is 1. The van der Waals surface area contributed by atoms with E-state index in [1.165, 1.54) is 17.5 Å². The summed E-state index contributed by atoms with van der Waals surface area (Å²) < 4.78 is 1.41. The molecular formula is C24H19BrCl3N5O5S. The molecule has 0 N–H and O–H groups in total. The lowest BCUT2D eigenvalue weighted by molar-refractivity contribution is -0.386. The quantitative estimate of drug-likeness (QED) is 0.227. The van der Waals surface area contributed by atoms with Gasteiger partial charge in [-0.15, -0.1) is 11.3 Å². The number of halogens is 4. The molecule has 4 heterocycles. The van der Waals surface area contributed by atoms with E-state index in [4.69, 9.17) is 44.6 Å². The van der Waals surface area contributed by atoms with Gasteiger partial charge in [0, 0.05) is 58.1 Å². The van der Waals surface area contributed by atoms with Crippen LogP contribution in [0, 0.1) is 10.1 Å². The highest BCUT2D eigenvalue weighted by atomic mass is 79.9. The predicted octanol–water partition coefficient (Wildman–Crippen LogP) is 6.21. The van der Waals surface area contributed by atoms with Crippen LogP contribution in [0.25, 0.3) is 0 Å². The Bertz CT molecular complexity index is 1530. The molecule has 3 aromatic rings. The molecule has 204 valence electrons. The number of pyridine rings is 1.